The number of methoxy groups -OCH3 is 1. The predicted molar refractivity (Wildman–Crippen MR) is 144 cm³/mol. The quantitative estimate of drug-likeness (QED) is 0.244. The van der Waals surface area contributed by atoms with Crippen LogP contribution in [0.25, 0.3) is 0 Å². The molecule has 0 bridgehead atoms. The molecule has 1 heterocycles. The van der Waals surface area contributed by atoms with Gasteiger partial charge in [-0.25, -0.2) is 14.8 Å². The molecule has 1 saturated carbocycles. The number of nitrogens with zero attached hydrogens (tertiary/aromatic N) is 2. The van der Waals surface area contributed by atoms with Crippen LogP contribution in [0.4, 0.5) is 5.95 Å². The first-order valence-corrected chi connectivity index (χ1v) is 13.3. The van der Waals surface area contributed by atoms with E-state index in [9.17, 15) is 19.5 Å². The van der Waals surface area contributed by atoms with Gasteiger partial charge in [-0.05, 0) is 63.1 Å². The summed E-state index contributed by atoms with van der Waals surface area (Å²) in [4.78, 5) is 46.7. The Labute approximate surface area is 224 Å². The van der Waals surface area contributed by atoms with Crippen LogP contribution in [-0.4, -0.2) is 59.1 Å². The second-order valence-electron chi connectivity index (χ2n) is 9.85. The maximum atomic E-state index is 13.1. The van der Waals surface area contributed by atoms with Crippen LogP contribution in [0.5, 0.6) is 5.75 Å². The summed E-state index contributed by atoms with van der Waals surface area (Å²) < 4.78 is 4.84. The van der Waals surface area contributed by atoms with Crippen molar-refractivity contribution in [3.8, 4) is 5.75 Å². The molecule has 2 aromatic rings. The summed E-state index contributed by atoms with van der Waals surface area (Å²) in [5, 5.41) is 18.2. The van der Waals surface area contributed by atoms with Crippen molar-refractivity contribution in [3.63, 3.8) is 0 Å². The van der Waals surface area contributed by atoms with Gasteiger partial charge in [0, 0.05) is 19.5 Å². The zero-order chi connectivity index (χ0) is 27.5. The summed E-state index contributed by atoms with van der Waals surface area (Å²) in [6.07, 6.45) is 7.62. The van der Waals surface area contributed by atoms with Gasteiger partial charge in [-0.2, -0.15) is 0 Å². The topological polar surface area (TPSA) is 143 Å². The van der Waals surface area contributed by atoms with Crippen molar-refractivity contribution >= 4 is 23.7 Å². The van der Waals surface area contributed by atoms with Gasteiger partial charge in [-0.15, -0.1) is 0 Å². The number of aryl methyl sites for hydroxylation is 3. The van der Waals surface area contributed by atoms with E-state index < -0.39 is 17.9 Å². The van der Waals surface area contributed by atoms with Crippen LogP contribution >= 0.6 is 0 Å². The monoisotopic (exact) mass is 525 g/mol. The van der Waals surface area contributed by atoms with E-state index in [4.69, 9.17) is 4.74 Å². The van der Waals surface area contributed by atoms with E-state index in [2.05, 4.69) is 25.9 Å². The van der Waals surface area contributed by atoms with E-state index in [0.717, 1.165) is 44.1 Å². The van der Waals surface area contributed by atoms with Crippen LogP contribution < -0.4 is 16.0 Å². The summed E-state index contributed by atoms with van der Waals surface area (Å²) >= 11 is 0. The van der Waals surface area contributed by atoms with Gasteiger partial charge in [0.15, 0.2) is 0 Å². The van der Waals surface area contributed by atoms with Gasteiger partial charge in [0.05, 0.1) is 24.1 Å². The molecule has 1 fully saturated rings. The van der Waals surface area contributed by atoms with E-state index in [0.29, 0.717) is 36.2 Å². The molecule has 0 unspecified atom stereocenters. The SMILES string of the molecule is COC(=O)[C@H](CNC(=O)CC1CCCCC1)NC(=O)c1c(C)nc(NCCCc2cccc(O)c2)nc1C. The van der Waals surface area contributed by atoms with E-state index in [1.807, 2.05) is 12.1 Å². The highest BCUT2D eigenvalue weighted by Crippen LogP contribution is 2.26. The minimum absolute atomic E-state index is 0.0538. The Balaban J connectivity index is 1.54. The number of nitrogens with one attached hydrogen (secondary N) is 3. The van der Waals surface area contributed by atoms with E-state index in [-0.39, 0.29) is 23.8 Å². The molecule has 0 saturated heterocycles. The van der Waals surface area contributed by atoms with E-state index in [1.165, 1.54) is 13.5 Å². The maximum Gasteiger partial charge on any atom is 0.330 e. The van der Waals surface area contributed by atoms with Crippen molar-refractivity contribution in [3.05, 3.63) is 46.8 Å². The van der Waals surface area contributed by atoms with Crippen molar-refractivity contribution in [2.45, 2.75) is 71.3 Å². The number of aromatic hydroxyl groups is 1. The Morgan fingerprint density at radius 3 is 2.47 bits per heavy atom. The number of amides is 2. The number of aromatic nitrogens is 2. The smallest absolute Gasteiger partial charge is 0.330 e. The summed E-state index contributed by atoms with van der Waals surface area (Å²) in [5.41, 5.74) is 2.25. The first-order valence-electron chi connectivity index (χ1n) is 13.3. The number of carbonyl (C=O) groups excluding carboxylic acids is 3. The van der Waals surface area contributed by atoms with Crippen LogP contribution in [0.2, 0.25) is 0 Å². The molecule has 1 aromatic heterocycles. The second kappa shape index (κ2) is 14.3. The minimum Gasteiger partial charge on any atom is -0.508 e. The highest BCUT2D eigenvalue weighted by Gasteiger charge is 2.26. The molecular formula is C28H39N5O5. The highest BCUT2D eigenvalue weighted by atomic mass is 16.5. The van der Waals surface area contributed by atoms with Crippen molar-refractivity contribution in [2.24, 2.45) is 5.92 Å². The molecule has 1 aromatic carbocycles. The predicted octanol–water partition coefficient (Wildman–Crippen LogP) is 3.20. The fraction of sp³-hybridized carbons (Fsp3) is 0.536. The molecule has 0 radical (unpaired) electrons. The van der Waals surface area contributed by atoms with Crippen LogP contribution in [0, 0.1) is 19.8 Å². The number of hydrogen-bond acceptors (Lipinski definition) is 8. The number of esters is 1. The molecule has 1 aliphatic carbocycles. The average molecular weight is 526 g/mol. The summed E-state index contributed by atoms with van der Waals surface area (Å²) in [6.45, 7) is 3.98. The van der Waals surface area contributed by atoms with E-state index >= 15 is 0 Å². The molecule has 10 heteroatoms. The molecule has 206 valence electrons. The lowest BCUT2D eigenvalue weighted by Crippen LogP contribution is -2.49. The number of rotatable bonds is 12. The number of ether oxygens (including phenoxy) is 1. The zero-order valence-corrected chi connectivity index (χ0v) is 22.5. The van der Waals surface area contributed by atoms with Crippen molar-refractivity contribution in [1.82, 2.24) is 20.6 Å². The first-order chi connectivity index (χ1) is 18.3. The first kappa shape index (κ1) is 28.9. The Bertz CT molecular complexity index is 1090. The molecule has 4 N–H and O–H groups in total. The zero-order valence-electron chi connectivity index (χ0n) is 22.5. The number of benzene rings is 1. The third-order valence-corrected chi connectivity index (χ3v) is 6.83. The number of phenols is 1. The lowest BCUT2D eigenvalue weighted by atomic mass is 9.87. The average Bonchev–Trinajstić information content (AvgIpc) is 2.89. The highest BCUT2D eigenvalue weighted by molar-refractivity contribution is 5.98. The molecule has 1 atom stereocenters. The van der Waals surface area contributed by atoms with Crippen LogP contribution in [-0.2, 0) is 20.7 Å². The van der Waals surface area contributed by atoms with Crippen LogP contribution in [0.15, 0.2) is 24.3 Å². The molecule has 3 rings (SSSR count). The van der Waals surface area contributed by atoms with Gasteiger partial charge < -0.3 is 25.8 Å². The molecule has 2 amide bonds. The van der Waals surface area contributed by atoms with Crippen molar-refractivity contribution < 1.29 is 24.2 Å². The summed E-state index contributed by atoms with van der Waals surface area (Å²) in [5.74, 6) is -0.251. The molecule has 38 heavy (non-hydrogen) atoms. The van der Waals surface area contributed by atoms with Crippen molar-refractivity contribution in [2.75, 3.05) is 25.5 Å². The molecule has 10 nitrogen and oxygen atoms in total. The fourth-order valence-electron chi connectivity index (χ4n) is 4.84. The standard InChI is InChI=1S/C28H39N5O5/c1-18-25(19(2)32-28(31-18)29-14-8-12-20-11-7-13-22(34)15-20)26(36)33-23(27(37)38-3)17-30-24(35)16-21-9-5-4-6-10-21/h7,11,13,15,21,23,34H,4-6,8-10,12,14,16-17H2,1-3H3,(H,30,35)(H,33,36)(H,29,31,32)/t23-/m0/s1. The Hall–Kier alpha value is -3.69. The van der Waals surface area contributed by atoms with Crippen molar-refractivity contribution in [1.29, 1.82) is 0 Å². The Morgan fingerprint density at radius 1 is 1.11 bits per heavy atom. The van der Waals surface area contributed by atoms with Gasteiger partial charge in [-0.1, -0.05) is 31.4 Å². The number of phenolic OH excluding ortho intramolecular Hbond substituents is 1. The number of anilines is 1. The van der Waals surface area contributed by atoms with Gasteiger partial charge in [0.1, 0.15) is 11.8 Å². The third-order valence-electron chi connectivity index (χ3n) is 6.83. The van der Waals surface area contributed by atoms with Gasteiger partial charge in [-0.3, -0.25) is 9.59 Å². The third kappa shape index (κ3) is 8.71. The lowest BCUT2D eigenvalue weighted by Gasteiger charge is -2.22. The molecule has 1 aliphatic rings. The van der Waals surface area contributed by atoms with Crippen LogP contribution in [0.1, 0.15) is 72.3 Å². The molecular weight excluding hydrogens is 486 g/mol. The Kier molecular flexibility index (Phi) is 10.9. The number of carbonyl (C=O) groups is 3. The fourth-order valence-corrected chi connectivity index (χ4v) is 4.84. The number of hydrogen-bond donors (Lipinski definition) is 4. The second-order valence-corrected chi connectivity index (χ2v) is 9.85. The lowest BCUT2D eigenvalue weighted by molar-refractivity contribution is -0.142. The molecule has 0 aliphatic heterocycles. The maximum absolute atomic E-state index is 13.1. The molecule has 0 spiro atoms. The summed E-state index contributed by atoms with van der Waals surface area (Å²) in [7, 11) is 1.24. The normalized spacial score (nSPS) is 14.4. The van der Waals surface area contributed by atoms with E-state index in [1.54, 1.807) is 26.0 Å². The Morgan fingerprint density at radius 2 is 1.82 bits per heavy atom. The largest absolute Gasteiger partial charge is 0.508 e. The van der Waals surface area contributed by atoms with Gasteiger partial charge >= 0.3 is 5.97 Å². The van der Waals surface area contributed by atoms with Gasteiger partial charge in [0.25, 0.3) is 5.91 Å². The summed E-state index contributed by atoms with van der Waals surface area (Å²) in [6, 6.07) is 6.12. The van der Waals surface area contributed by atoms with Gasteiger partial charge in [0.2, 0.25) is 11.9 Å². The minimum atomic E-state index is -1.03. The van der Waals surface area contributed by atoms with Crippen LogP contribution in [0.3, 0.4) is 0 Å².